The lowest BCUT2D eigenvalue weighted by Crippen LogP contribution is -2.16. The van der Waals surface area contributed by atoms with Gasteiger partial charge in [0.2, 0.25) is 0 Å². The summed E-state index contributed by atoms with van der Waals surface area (Å²) in [5, 5.41) is 3.53. The van der Waals surface area contributed by atoms with Crippen molar-refractivity contribution in [2.45, 2.75) is 19.3 Å². The van der Waals surface area contributed by atoms with Crippen LogP contribution in [0.2, 0.25) is 0 Å². The molecule has 0 heterocycles. The highest BCUT2D eigenvalue weighted by Crippen LogP contribution is 2.50. The van der Waals surface area contributed by atoms with Crippen LogP contribution in [-0.4, -0.2) is 0 Å². The Kier molecular flexibility index (Phi) is 4.87. The molecule has 0 amide bonds. The molecule has 0 fully saturated rings. The van der Waals surface area contributed by atoms with Crippen LogP contribution in [-0.2, 0) is 5.41 Å². The Hall–Kier alpha value is -5.92. The van der Waals surface area contributed by atoms with Gasteiger partial charge in [-0.05, 0) is 108 Å². The molecule has 0 unspecified atom stereocenters. The lowest BCUT2D eigenvalue weighted by Gasteiger charge is -2.28. The molecule has 0 N–H and O–H groups in total. The number of nitrogens with zero attached hydrogens (tertiary/aromatic N) is 1. The number of fused-ring (bicyclic) bond motifs is 5. The highest BCUT2D eigenvalue weighted by Gasteiger charge is 2.35. The summed E-state index contributed by atoms with van der Waals surface area (Å²) in [6, 6.07) is 37.8. The molecule has 8 aromatic rings. The van der Waals surface area contributed by atoms with Gasteiger partial charge in [-0.25, -0.2) is 0 Å². The Morgan fingerprint density at radius 2 is 1.17 bits per heavy atom. The van der Waals surface area contributed by atoms with Crippen molar-refractivity contribution in [2.75, 3.05) is 4.90 Å². The fraction of sp³-hybridized carbons (Fsp3) is 0.0638. The van der Waals surface area contributed by atoms with Crippen molar-refractivity contribution in [3.05, 3.63) is 187 Å². The molecule has 1 aliphatic rings. The molecular formula is C47H35N. The minimum atomic E-state index is -0.449. The van der Waals surface area contributed by atoms with E-state index < -0.39 is 17.5 Å². The highest BCUT2D eigenvalue weighted by molar-refractivity contribution is 5.97. The van der Waals surface area contributed by atoms with E-state index in [9.17, 15) is 8.22 Å². The first-order chi connectivity index (χ1) is 26.9. The van der Waals surface area contributed by atoms with E-state index in [1.807, 2.05) is 103 Å². The van der Waals surface area contributed by atoms with Gasteiger partial charge in [-0.3, -0.25) is 0 Å². The molecule has 0 bridgehead atoms. The molecule has 0 spiro atoms. The Morgan fingerprint density at radius 1 is 0.458 bits per heavy atom. The van der Waals surface area contributed by atoms with Crippen molar-refractivity contribution in [2.24, 2.45) is 0 Å². The number of hydrogen-bond acceptors (Lipinski definition) is 1. The molecule has 0 radical (unpaired) electrons. The summed E-state index contributed by atoms with van der Waals surface area (Å²) in [4.78, 5) is 1.45. The van der Waals surface area contributed by atoms with E-state index in [2.05, 4.69) is 26.0 Å². The normalized spacial score (nSPS) is 15.3. The highest BCUT2D eigenvalue weighted by atomic mass is 15.1. The van der Waals surface area contributed by atoms with Crippen LogP contribution in [0.4, 0.5) is 17.1 Å². The summed E-state index contributed by atoms with van der Waals surface area (Å²) in [6.45, 7) is 4.25. The average molecular weight is 622 g/mol. The van der Waals surface area contributed by atoms with Gasteiger partial charge >= 0.3 is 0 Å². The third-order valence-corrected chi connectivity index (χ3v) is 9.59. The molecule has 48 heavy (non-hydrogen) atoms. The van der Waals surface area contributed by atoms with Crippen LogP contribution < -0.4 is 4.90 Å². The third kappa shape index (κ3) is 4.62. The zero-order valence-electron chi connectivity index (χ0n) is 34.6. The summed E-state index contributed by atoms with van der Waals surface area (Å²) in [7, 11) is 0. The second-order valence-corrected chi connectivity index (χ2v) is 12.8. The first-order valence-corrected chi connectivity index (χ1v) is 16.1. The summed E-state index contributed by atoms with van der Waals surface area (Å²) < 4.78 is 75.4. The molecule has 1 heteroatoms. The van der Waals surface area contributed by atoms with Crippen LogP contribution in [0, 0.1) is 0 Å². The molecule has 0 saturated heterocycles. The minimum absolute atomic E-state index is 0.110. The molecule has 1 aliphatic carbocycles. The zero-order chi connectivity index (χ0) is 39.2. The van der Waals surface area contributed by atoms with Gasteiger partial charge in [-0.15, -0.1) is 0 Å². The van der Waals surface area contributed by atoms with Crippen LogP contribution in [0.25, 0.3) is 54.9 Å². The molecule has 1 nitrogen and oxygen atoms in total. The van der Waals surface area contributed by atoms with Gasteiger partial charge in [-0.1, -0.05) is 147 Å². The van der Waals surface area contributed by atoms with Gasteiger partial charge in [0.1, 0.15) is 0 Å². The SMILES string of the molecule is [2H]c1c([2H])c(-c2cccc3ccccc23)c([2H])c(N(c2ccc3c(c2)C(C)(C)c2ccccc2-3)c2c([2H])c([2H])c(-c3ccc4ccccc4c3)c([2H])c2[2H])c1[2H]. The van der Waals surface area contributed by atoms with Crippen LogP contribution in [0.1, 0.15) is 35.9 Å². The third-order valence-electron chi connectivity index (χ3n) is 9.59. The summed E-state index contributed by atoms with van der Waals surface area (Å²) in [6.07, 6.45) is 0. The van der Waals surface area contributed by atoms with E-state index >= 15 is 0 Å². The molecule has 0 aliphatic heterocycles. The molecule has 228 valence electrons. The van der Waals surface area contributed by atoms with Crippen molar-refractivity contribution in [3.63, 3.8) is 0 Å². The maximum Gasteiger partial charge on any atom is 0.0651 e. The van der Waals surface area contributed by atoms with Crippen LogP contribution in [0.5, 0.6) is 0 Å². The Morgan fingerprint density at radius 3 is 2.04 bits per heavy atom. The van der Waals surface area contributed by atoms with E-state index in [0.29, 0.717) is 16.8 Å². The lowest BCUT2D eigenvalue weighted by atomic mass is 9.82. The molecule has 0 aromatic heterocycles. The first-order valence-electron chi connectivity index (χ1n) is 20.1. The summed E-state index contributed by atoms with van der Waals surface area (Å²) in [5.41, 5.74) is 5.24. The van der Waals surface area contributed by atoms with E-state index in [1.54, 1.807) is 12.1 Å². The van der Waals surface area contributed by atoms with Crippen molar-refractivity contribution in [3.8, 4) is 33.4 Å². The van der Waals surface area contributed by atoms with Gasteiger partial charge in [0.05, 0.1) is 11.0 Å². The van der Waals surface area contributed by atoms with Crippen molar-refractivity contribution < 1.29 is 11.0 Å². The predicted octanol–water partition coefficient (Wildman–Crippen LogP) is 13.1. The van der Waals surface area contributed by atoms with Gasteiger partial charge < -0.3 is 4.90 Å². The van der Waals surface area contributed by atoms with Crippen molar-refractivity contribution in [1.29, 1.82) is 0 Å². The average Bonchev–Trinajstić information content (AvgIpc) is 3.44. The molecule has 0 atom stereocenters. The van der Waals surface area contributed by atoms with Crippen LogP contribution in [0.15, 0.2) is 176 Å². The maximum absolute atomic E-state index is 9.82. The Bertz CT molecular complexity index is 2920. The quantitative estimate of drug-likeness (QED) is 0.185. The van der Waals surface area contributed by atoms with E-state index in [1.165, 1.54) is 4.90 Å². The summed E-state index contributed by atoms with van der Waals surface area (Å²) in [5.74, 6) is 0. The maximum atomic E-state index is 9.82. The lowest BCUT2D eigenvalue weighted by molar-refractivity contribution is 0.660. The molecule has 0 saturated carbocycles. The van der Waals surface area contributed by atoms with Crippen LogP contribution >= 0.6 is 0 Å². The summed E-state index contributed by atoms with van der Waals surface area (Å²) >= 11 is 0. The van der Waals surface area contributed by atoms with Gasteiger partial charge in [0.15, 0.2) is 0 Å². The second kappa shape index (κ2) is 11.1. The molecule has 9 rings (SSSR count). The smallest absolute Gasteiger partial charge is 0.0651 e. The first kappa shape index (κ1) is 21.1. The zero-order valence-corrected chi connectivity index (χ0v) is 26.6. The van der Waals surface area contributed by atoms with Gasteiger partial charge in [-0.2, -0.15) is 0 Å². The Balaban J connectivity index is 1.36. The van der Waals surface area contributed by atoms with E-state index in [4.69, 9.17) is 2.74 Å². The molecule has 8 aromatic carbocycles. The van der Waals surface area contributed by atoms with Crippen molar-refractivity contribution in [1.82, 2.24) is 0 Å². The standard InChI is InChI=1S/C47H35N/c1-47(2)45-20-8-7-18-43(45)44-28-27-40(31-46(44)47)48(38-25-23-33(24-26-38)36-22-21-32-11-3-4-13-35(32)29-36)39-16-9-15-37(30-39)42-19-10-14-34-12-5-6-17-41(34)42/h3-31H,1-2H3/i9D,15D,16D,23D,24D,25D,26D,30D. The fourth-order valence-corrected chi connectivity index (χ4v) is 7.13. The van der Waals surface area contributed by atoms with E-state index in [0.717, 1.165) is 43.8 Å². The van der Waals surface area contributed by atoms with Gasteiger partial charge in [0, 0.05) is 22.5 Å². The van der Waals surface area contributed by atoms with E-state index in [-0.39, 0.29) is 58.8 Å². The number of hydrogen-bond donors (Lipinski definition) is 0. The second-order valence-electron chi connectivity index (χ2n) is 12.8. The number of anilines is 3. The Labute approximate surface area is 293 Å². The van der Waals surface area contributed by atoms with Crippen LogP contribution in [0.3, 0.4) is 0 Å². The van der Waals surface area contributed by atoms with Crippen molar-refractivity contribution >= 4 is 38.6 Å². The van der Waals surface area contributed by atoms with Gasteiger partial charge in [0.25, 0.3) is 0 Å². The largest absolute Gasteiger partial charge is 0.310 e. The topological polar surface area (TPSA) is 3.24 Å². The molecular weight excluding hydrogens is 579 g/mol. The number of rotatable bonds is 5. The minimum Gasteiger partial charge on any atom is -0.310 e. The fourth-order valence-electron chi connectivity index (χ4n) is 7.13. The number of benzene rings is 8. The monoisotopic (exact) mass is 621 g/mol. The predicted molar refractivity (Wildman–Crippen MR) is 205 cm³/mol.